The normalized spacial score (nSPS) is 29.1. The molecule has 0 N–H and O–H groups in total. The second kappa shape index (κ2) is 5.00. The summed E-state index contributed by atoms with van der Waals surface area (Å²) in [6.45, 7) is 0. The third kappa shape index (κ3) is 2.82. The second-order valence-electron chi connectivity index (χ2n) is 5.84. The molecule has 1 aromatic carbocycles. The van der Waals surface area contributed by atoms with Crippen LogP contribution < -0.4 is 4.74 Å². The summed E-state index contributed by atoms with van der Waals surface area (Å²) in [6.07, 6.45) is -3.37. The standard InChI is InChI=1S/C15H14BrF3O2/c16-10-1-2-13-11(7-10)12(20)8-14(21-13)5-3-9(4-6-14)15(17,18)19/h1-2,7,9H,3-6,8H2. The number of hydrogen-bond donors (Lipinski definition) is 0. The van der Waals surface area contributed by atoms with E-state index in [-0.39, 0.29) is 37.9 Å². The van der Waals surface area contributed by atoms with Gasteiger partial charge in [-0.05, 0) is 43.9 Å². The van der Waals surface area contributed by atoms with Crippen molar-refractivity contribution < 1.29 is 22.7 Å². The van der Waals surface area contributed by atoms with Crippen molar-refractivity contribution in [2.75, 3.05) is 0 Å². The van der Waals surface area contributed by atoms with Crippen molar-refractivity contribution in [3.8, 4) is 5.75 Å². The van der Waals surface area contributed by atoms with E-state index in [1.54, 1.807) is 18.2 Å². The molecule has 1 saturated carbocycles. The first-order valence-electron chi connectivity index (χ1n) is 6.88. The van der Waals surface area contributed by atoms with E-state index in [1.165, 1.54) is 0 Å². The smallest absolute Gasteiger partial charge is 0.391 e. The number of hydrogen-bond acceptors (Lipinski definition) is 2. The monoisotopic (exact) mass is 362 g/mol. The Bertz CT molecular complexity index is 575. The molecule has 1 heterocycles. The van der Waals surface area contributed by atoms with E-state index in [1.807, 2.05) is 0 Å². The topological polar surface area (TPSA) is 26.3 Å². The van der Waals surface area contributed by atoms with Gasteiger partial charge in [0.05, 0.1) is 17.9 Å². The summed E-state index contributed by atoms with van der Waals surface area (Å²) in [4.78, 5) is 12.3. The van der Waals surface area contributed by atoms with Crippen LogP contribution in [0, 0.1) is 5.92 Å². The van der Waals surface area contributed by atoms with Gasteiger partial charge in [0.2, 0.25) is 0 Å². The van der Waals surface area contributed by atoms with Crippen LogP contribution in [0.15, 0.2) is 22.7 Å². The molecule has 114 valence electrons. The summed E-state index contributed by atoms with van der Waals surface area (Å²) in [7, 11) is 0. The summed E-state index contributed by atoms with van der Waals surface area (Å²) in [5.74, 6) is -0.837. The van der Waals surface area contributed by atoms with Crippen LogP contribution in [0.1, 0.15) is 42.5 Å². The Hall–Kier alpha value is -1.04. The highest BCUT2D eigenvalue weighted by Gasteiger charge is 2.49. The van der Waals surface area contributed by atoms with Crippen molar-refractivity contribution in [2.24, 2.45) is 5.92 Å². The van der Waals surface area contributed by atoms with Crippen LogP contribution >= 0.6 is 15.9 Å². The molecule has 0 bridgehead atoms. The van der Waals surface area contributed by atoms with Gasteiger partial charge in [-0.2, -0.15) is 13.2 Å². The molecule has 1 aliphatic carbocycles. The number of halogens is 4. The van der Waals surface area contributed by atoms with Gasteiger partial charge in [-0.15, -0.1) is 0 Å². The number of Topliss-reactive ketones (excluding diaryl/α,β-unsaturated/α-hetero) is 1. The highest BCUT2D eigenvalue weighted by atomic mass is 79.9. The second-order valence-corrected chi connectivity index (χ2v) is 6.76. The van der Waals surface area contributed by atoms with Crippen LogP contribution in [-0.2, 0) is 0 Å². The van der Waals surface area contributed by atoms with Crippen molar-refractivity contribution >= 4 is 21.7 Å². The number of ether oxygens (including phenoxy) is 1. The van der Waals surface area contributed by atoms with Gasteiger partial charge in [0.25, 0.3) is 0 Å². The van der Waals surface area contributed by atoms with Crippen LogP contribution in [-0.4, -0.2) is 17.6 Å². The molecule has 3 rings (SSSR count). The molecule has 0 saturated heterocycles. The molecule has 1 aliphatic heterocycles. The van der Waals surface area contributed by atoms with Gasteiger partial charge in [0, 0.05) is 4.47 Å². The fourth-order valence-electron chi connectivity index (χ4n) is 3.22. The Balaban J connectivity index is 1.80. The average molecular weight is 363 g/mol. The first-order chi connectivity index (χ1) is 9.79. The molecule has 1 aromatic rings. The van der Waals surface area contributed by atoms with Crippen molar-refractivity contribution in [2.45, 2.75) is 43.9 Å². The molecule has 0 radical (unpaired) electrons. The van der Waals surface area contributed by atoms with Crippen LogP contribution in [0.5, 0.6) is 5.75 Å². The fourth-order valence-corrected chi connectivity index (χ4v) is 3.58. The molecular formula is C15H14BrF3O2. The molecule has 0 atom stereocenters. The van der Waals surface area contributed by atoms with Gasteiger partial charge in [0.15, 0.2) is 5.78 Å². The lowest BCUT2D eigenvalue weighted by Crippen LogP contribution is -2.46. The van der Waals surface area contributed by atoms with Crippen LogP contribution in [0.25, 0.3) is 0 Å². The Morgan fingerprint density at radius 1 is 1.24 bits per heavy atom. The largest absolute Gasteiger partial charge is 0.486 e. The zero-order valence-corrected chi connectivity index (χ0v) is 12.8. The quantitative estimate of drug-likeness (QED) is 0.655. The lowest BCUT2D eigenvalue weighted by atomic mass is 9.74. The highest BCUT2D eigenvalue weighted by molar-refractivity contribution is 9.10. The van der Waals surface area contributed by atoms with Crippen LogP contribution in [0.3, 0.4) is 0 Å². The number of carbonyl (C=O) groups excluding carboxylic acids is 1. The maximum absolute atomic E-state index is 12.7. The minimum atomic E-state index is -4.15. The van der Waals surface area contributed by atoms with E-state index in [4.69, 9.17) is 4.74 Å². The predicted molar refractivity (Wildman–Crippen MR) is 74.5 cm³/mol. The molecule has 0 unspecified atom stereocenters. The van der Waals surface area contributed by atoms with Gasteiger partial charge in [-0.1, -0.05) is 15.9 Å². The zero-order valence-electron chi connectivity index (χ0n) is 11.2. The van der Waals surface area contributed by atoms with Gasteiger partial charge in [0.1, 0.15) is 11.4 Å². The minimum absolute atomic E-state index is 0.0304. The molecule has 2 aliphatic rings. The van der Waals surface area contributed by atoms with E-state index in [9.17, 15) is 18.0 Å². The Morgan fingerprint density at radius 3 is 2.52 bits per heavy atom. The molecule has 0 aromatic heterocycles. The maximum Gasteiger partial charge on any atom is 0.391 e. The van der Waals surface area contributed by atoms with E-state index in [0.717, 1.165) is 4.47 Å². The first-order valence-corrected chi connectivity index (χ1v) is 7.67. The van der Waals surface area contributed by atoms with Crippen LogP contribution in [0.4, 0.5) is 13.2 Å². The van der Waals surface area contributed by atoms with Crippen molar-refractivity contribution in [1.29, 1.82) is 0 Å². The predicted octanol–water partition coefficient (Wildman–Crippen LogP) is 4.91. The molecule has 0 amide bonds. The van der Waals surface area contributed by atoms with Gasteiger partial charge < -0.3 is 4.74 Å². The first kappa shape index (κ1) is 14.9. The highest BCUT2D eigenvalue weighted by Crippen LogP contribution is 2.47. The summed E-state index contributed by atoms with van der Waals surface area (Å²) in [5, 5.41) is 0. The Morgan fingerprint density at radius 2 is 1.90 bits per heavy atom. The molecule has 2 nitrogen and oxygen atoms in total. The van der Waals surface area contributed by atoms with Crippen LogP contribution in [0.2, 0.25) is 0 Å². The molecule has 21 heavy (non-hydrogen) atoms. The van der Waals surface area contributed by atoms with Crippen molar-refractivity contribution in [3.63, 3.8) is 0 Å². The number of ketones is 1. The van der Waals surface area contributed by atoms with Crippen molar-refractivity contribution in [3.05, 3.63) is 28.2 Å². The fraction of sp³-hybridized carbons (Fsp3) is 0.533. The van der Waals surface area contributed by atoms with E-state index in [0.29, 0.717) is 11.3 Å². The lowest BCUT2D eigenvalue weighted by Gasteiger charge is -2.43. The third-order valence-electron chi connectivity index (χ3n) is 4.41. The van der Waals surface area contributed by atoms with Gasteiger partial charge >= 0.3 is 6.18 Å². The Kier molecular flexibility index (Phi) is 3.55. The number of alkyl halides is 3. The number of fused-ring (bicyclic) bond motifs is 1. The van der Waals surface area contributed by atoms with Crippen molar-refractivity contribution in [1.82, 2.24) is 0 Å². The summed E-state index contributed by atoms with van der Waals surface area (Å²) >= 11 is 3.30. The third-order valence-corrected chi connectivity index (χ3v) is 4.90. The molecule has 1 spiro atoms. The number of benzene rings is 1. The Labute approximate surface area is 128 Å². The molecule has 6 heteroatoms. The lowest BCUT2D eigenvalue weighted by molar-refractivity contribution is -0.190. The summed E-state index contributed by atoms with van der Waals surface area (Å²) < 4.78 is 45.0. The summed E-state index contributed by atoms with van der Waals surface area (Å²) in [5.41, 5.74) is -0.243. The summed E-state index contributed by atoms with van der Waals surface area (Å²) in [6, 6.07) is 5.17. The van der Waals surface area contributed by atoms with Gasteiger partial charge in [-0.25, -0.2) is 0 Å². The average Bonchev–Trinajstić information content (AvgIpc) is 2.39. The number of rotatable bonds is 0. The maximum atomic E-state index is 12.7. The van der Waals surface area contributed by atoms with E-state index >= 15 is 0 Å². The molecular weight excluding hydrogens is 349 g/mol. The van der Waals surface area contributed by atoms with Gasteiger partial charge in [-0.3, -0.25) is 4.79 Å². The van der Waals surface area contributed by atoms with E-state index in [2.05, 4.69) is 15.9 Å². The van der Waals surface area contributed by atoms with E-state index < -0.39 is 17.7 Å². The number of carbonyl (C=O) groups is 1. The SMILES string of the molecule is O=C1CC2(CCC(C(F)(F)F)CC2)Oc2ccc(Br)cc21. The minimum Gasteiger partial charge on any atom is -0.486 e. The molecule has 1 fully saturated rings. The zero-order chi connectivity index (χ0) is 15.3.